The summed E-state index contributed by atoms with van der Waals surface area (Å²) >= 11 is 0. The number of ether oxygens (including phenoxy) is 2. The van der Waals surface area contributed by atoms with Crippen LogP contribution >= 0.6 is 0 Å². The van der Waals surface area contributed by atoms with Gasteiger partial charge in [0.2, 0.25) is 5.79 Å². The number of esters is 1. The number of hydrogen-bond acceptors (Lipinski definition) is 4. The van der Waals surface area contributed by atoms with E-state index >= 15 is 0 Å². The molecule has 3 rings (SSSR count). The monoisotopic (exact) mass is 278 g/mol. The van der Waals surface area contributed by atoms with E-state index in [0.717, 1.165) is 30.4 Å². The molecule has 4 nitrogen and oxygen atoms in total. The van der Waals surface area contributed by atoms with Gasteiger partial charge in [-0.15, -0.1) is 0 Å². The van der Waals surface area contributed by atoms with Crippen LogP contribution < -0.4 is 0 Å². The zero-order valence-electron chi connectivity index (χ0n) is 12.4. The molecular formula is C16H22O4. The van der Waals surface area contributed by atoms with E-state index in [-0.39, 0.29) is 17.3 Å². The van der Waals surface area contributed by atoms with Gasteiger partial charge in [0.05, 0.1) is 5.60 Å². The van der Waals surface area contributed by atoms with Gasteiger partial charge < -0.3 is 14.6 Å². The van der Waals surface area contributed by atoms with Gasteiger partial charge in [0, 0.05) is 24.7 Å². The third kappa shape index (κ3) is 1.64. The molecule has 0 amide bonds. The zero-order chi connectivity index (χ0) is 14.8. The van der Waals surface area contributed by atoms with Crippen LogP contribution in [0.3, 0.4) is 0 Å². The van der Waals surface area contributed by atoms with Crippen LogP contribution in [0.1, 0.15) is 39.5 Å². The van der Waals surface area contributed by atoms with Crippen molar-refractivity contribution < 1.29 is 19.4 Å². The molecule has 110 valence electrons. The molecule has 0 aromatic heterocycles. The minimum absolute atomic E-state index is 0.0433. The molecule has 2 saturated carbocycles. The minimum atomic E-state index is -0.987. The fraction of sp³-hybridized carbons (Fsp3) is 0.688. The zero-order valence-corrected chi connectivity index (χ0v) is 12.4. The van der Waals surface area contributed by atoms with Gasteiger partial charge in [-0.3, -0.25) is 0 Å². The van der Waals surface area contributed by atoms with Gasteiger partial charge in [-0.1, -0.05) is 13.5 Å². The smallest absolute Gasteiger partial charge is 0.333 e. The van der Waals surface area contributed by atoms with Crippen molar-refractivity contribution in [3.8, 4) is 0 Å². The maximum atomic E-state index is 11.7. The van der Waals surface area contributed by atoms with Gasteiger partial charge in [0.15, 0.2) is 0 Å². The highest BCUT2D eigenvalue weighted by Crippen LogP contribution is 2.59. The molecule has 20 heavy (non-hydrogen) atoms. The number of hydrogen-bond donors (Lipinski definition) is 1. The van der Waals surface area contributed by atoms with Crippen molar-refractivity contribution in [2.75, 3.05) is 7.11 Å². The average Bonchev–Trinajstić information content (AvgIpc) is 2.66. The molecule has 0 saturated heterocycles. The summed E-state index contributed by atoms with van der Waals surface area (Å²) in [6.45, 7) is 8.08. The second-order valence-corrected chi connectivity index (χ2v) is 6.88. The van der Waals surface area contributed by atoms with Crippen molar-refractivity contribution >= 4 is 5.97 Å². The van der Waals surface area contributed by atoms with E-state index in [0.29, 0.717) is 6.42 Å². The first-order valence-corrected chi connectivity index (χ1v) is 7.15. The number of rotatable bonds is 1. The molecule has 0 aromatic carbocycles. The molecule has 3 aliphatic rings. The fourth-order valence-electron chi connectivity index (χ4n) is 4.34. The Hall–Kier alpha value is -1.13. The summed E-state index contributed by atoms with van der Waals surface area (Å²) < 4.78 is 11.2. The van der Waals surface area contributed by atoms with E-state index in [4.69, 9.17) is 9.47 Å². The molecule has 2 bridgehead atoms. The van der Waals surface area contributed by atoms with E-state index in [1.54, 1.807) is 20.1 Å². The Bertz CT molecular complexity index is 519. The Balaban J connectivity index is 2.11. The van der Waals surface area contributed by atoms with Gasteiger partial charge in [-0.25, -0.2) is 4.79 Å². The van der Waals surface area contributed by atoms with Crippen LogP contribution in [-0.2, 0) is 14.3 Å². The maximum absolute atomic E-state index is 11.7. The summed E-state index contributed by atoms with van der Waals surface area (Å²) in [6.07, 6.45) is 4.47. The number of methoxy groups -OCH3 is 1. The molecule has 1 unspecified atom stereocenters. The molecule has 4 atom stereocenters. The number of carbonyl (C=O) groups excluding carboxylic acids is 1. The predicted molar refractivity (Wildman–Crippen MR) is 73.7 cm³/mol. The Morgan fingerprint density at radius 1 is 1.45 bits per heavy atom. The SMILES string of the molecule is C=C1C2(C)CCC3=CC(=O)O[C@]3(OC)[C@H](C2)C[C@@]1(C)O. The van der Waals surface area contributed by atoms with Crippen LogP contribution in [0.5, 0.6) is 0 Å². The van der Waals surface area contributed by atoms with E-state index in [1.807, 2.05) is 0 Å². The summed E-state index contributed by atoms with van der Waals surface area (Å²) in [5.74, 6) is -1.37. The predicted octanol–water partition coefficient (Wildman–Crippen LogP) is 2.33. The molecule has 2 aliphatic carbocycles. The number of fused-ring (bicyclic) bond motifs is 4. The van der Waals surface area contributed by atoms with Crippen molar-refractivity contribution in [3.63, 3.8) is 0 Å². The van der Waals surface area contributed by atoms with Crippen molar-refractivity contribution in [2.24, 2.45) is 11.3 Å². The largest absolute Gasteiger partial charge is 0.425 e. The van der Waals surface area contributed by atoms with Crippen molar-refractivity contribution in [2.45, 2.75) is 50.9 Å². The van der Waals surface area contributed by atoms with Crippen molar-refractivity contribution in [1.82, 2.24) is 0 Å². The normalized spacial score (nSPS) is 47.4. The number of carbonyl (C=O) groups is 1. The minimum Gasteiger partial charge on any atom is -0.425 e. The van der Waals surface area contributed by atoms with Crippen molar-refractivity contribution in [1.29, 1.82) is 0 Å². The first kappa shape index (κ1) is 13.8. The topological polar surface area (TPSA) is 55.8 Å². The van der Waals surface area contributed by atoms with E-state index in [1.165, 1.54) is 0 Å². The van der Waals surface area contributed by atoms with Crippen LogP contribution in [0.4, 0.5) is 0 Å². The first-order chi connectivity index (χ1) is 9.23. The lowest BCUT2D eigenvalue weighted by molar-refractivity contribution is -0.225. The summed E-state index contributed by atoms with van der Waals surface area (Å²) in [4.78, 5) is 11.7. The third-order valence-electron chi connectivity index (χ3n) is 5.50. The molecule has 2 fully saturated rings. The van der Waals surface area contributed by atoms with Crippen molar-refractivity contribution in [3.05, 3.63) is 23.8 Å². The summed E-state index contributed by atoms with van der Waals surface area (Å²) in [5, 5.41) is 10.7. The van der Waals surface area contributed by atoms with E-state index in [9.17, 15) is 9.90 Å². The van der Waals surface area contributed by atoms with Gasteiger partial charge in [0.25, 0.3) is 0 Å². The van der Waals surface area contributed by atoms with Gasteiger partial charge >= 0.3 is 5.97 Å². The van der Waals surface area contributed by atoms with Gasteiger partial charge in [-0.05, 0) is 43.6 Å². The molecular weight excluding hydrogens is 256 g/mol. The molecule has 0 spiro atoms. The molecule has 1 heterocycles. The first-order valence-electron chi connectivity index (χ1n) is 7.15. The third-order valence-corrected chi connectivity index (χ3v) is 5.50. The van der Waals surface area contributed by atoms with E-state index in [2.05, 4.69) is 13.5 Å². The molecule has 4 heteroatoms. The van der Waals surface area contributed by atoms with Crippen LogP contribution in [0, 0.1) is 11.3 Å². The standard InChI is InChI=1S/C16H22O4/c1-10-14(2)6-5-11-7-13(17)20-16(11,19-4)12(8-14)9-15(10,3)18/h7,12,18H,1,5-6,8-9H2,2-4H3/t12-,14?,15-,16+/m1/s1. The summed E-state index contributed by atoms with van der Waals surface area (Å²) in [5.41, 5.74) is 0.701. The Morgan fingerprint density at radius 2 is 2.15 bits per heavy atom. The fourth-order valence-corrected chi connectivity index (χ4v) is 4.34. The highest BCUT2D eigenvalue weighted by Gasteiger charge is 2.59. The second kappa shape index (κ2) is 3.95. The molecule has 0 aromatic rings. The second-order valence-electron chi connectivity index (χ2n) is 6.88. The quantitative estimate of drug-likeness (QED) is 0.591. The average molecular weight is 278 g/mol. The number of aliphatic hydroxyl groups is 1. The lowest BCUT2D eigenvalue weighted by atomic mass is 9.60. The van der Waals surface area contributed by atoms with Gasteiger partial charge in [-0.2, -0.15) is 0 Å². The Morgan fingerprint density at radius 3 is 2.80 bits per heavy atom. The van der Waals surface area contributed by atoms with Crippen LogP contribution in [-0.4, -0.2) is 29.6 Å². The van der Waals surface area contributed by atoms with E-state index < -0.39 is 11.4 Å². The maximum Gasteiger partial charge on any atom is 0.333 e. The molecule has 0 radical (unpaired) electrons. The Labute approximate surface area is 119 Å². The Kier molecular flexibility index (Phi) is 2.73. The molecule has 1 aliphatic heterocycles. The lowest BCUT2D eigenvalue weighted by Gasteiger charge is -2.49. The highest BCUT2D eigenvalue weighted by atomic mass is 16.7. The highest BCUT2D eigenvalue weighted by molar-refractivity contribution is 5.86. The van der Waals surface area contributed by atoms with Gasteiger partial charge in [0.1, 0.15) is 0 Å². The van der Waals surface area contributed by atoms with Crippen LogP contribution in [0.25, 0.3) is 0 Å². The molecule has 1 N–H and O–H groups in total. The summed E-state index contributed by atoms with van der Waals surface area (Å²) in [6, 6.07) is 0. The van der Waals surface area contributed by atoms with Crippen LogP contribution in [0.15, 0.2) is 23.8 Å². The lowest BCUT2D eigenvalue weighted by Crippen LogP contribution is -2.51. The van der Waals surface area contributed by atoms with Crippen LogP contribution in [0.2, 0.25) is 0 Å². The summed E-state index contributed by atoms with van der Waals surface area (Å²) in [7, 11) is 1.58.